The fraction of sp³-hybridized carbons (Fsp3) is 0.0769. The van der Waals surface area contributed by atoms with Gasteiger partial charge in [-0.15, -0.1) is 0 Å². The molecule has 0 spiro atoms. The summed E-state index contributed by atoms with van der Waals surface area (Å²) in [5.41, 5.74) is 1.77. The van der Waals surface area contributed by atoms with Crippen LogP contribution < -0.4 is 0 Å². The van der Waals surface area contributed by atoms with Crippen molar-refractivity contribution >= 4 is 17.8 Å². The molecule has 0 aliphatic heterocycles. The highest BCUT2D eigenvalue weighted by Gasteiger charge is 2.04. The van der Waals surface area contributed by atoms with Gasteiger partial charge in [0.25, 0.3) is 0 Å². The smallest absolute Gasteiger partial charge is 0.328 e. The Morgan fingerprint density at radius 1 is 1.25 bits per heavy atom. The minimum Gasteiger partial charge on any atom is -0.478 e. The molecule has 1 aromatic carbocycles. The molecule has 0 saturated carbocycles. The molecule has 0 aliphatic carbocycles. The number of carboxylic acid groups (broad SMARTS) is 1. The summed E-state index contributed by atoms with van der Waals surface area (Å²) in [6, 6.07) is 6.68. The number of allylic oxidation sites excluding steroid dienone is 1. The van der Waals surface area contributed by atoms with Crippen LogP contribution in [0, 0.1) is 0 Å². The lowest BCUT2D eigenvalue weighted by molar-refractivity contribution is -0.131. The van der Waals surface area contributed by atoms with E-state index in [0.29, 0.717) is 11.1 Å². The number of carbonyl (C=O) groups is 2. The predicted octanol–water partition coefficient (Wildman–Crippen LogP) is 2.54. The molecule has 0 unspecified atom stereocenters. The zero-order valence-electron chi connectivity index (χ0n) is 8.93. The molecule has 16 heavy (non-hydrogen) atoms. The number of Topliss-reactive ketones (excluding diaryl/α,β-unsaturated/α-hetero) is 1. The maximum Gasteiger partial charge on any atom is 0.328 e. The summed E-state index contributed by atoms with van der Waals surface area (Å²) in [4.78, 5) is 21.8. The molecule has 1 aromatic rings. The Labute approximate surface area is 93.7 Å². The molecule has 0 fully saturated rings. The number of hydrogen-bond acceptors (Lipinski definition) is 2. The van der Waals surface area contributed by atoms with Crippen LogP contribution in [0.1, 0.15) is 22.8 Å². The molecule has 3 nitrogen and oxygen atoms in total. The maximum absolute atomic E-state index is 11.5. The van der Waals surface area contributed by atoms with Crippen LogP contribution in [-0.4, -0.2) is 16.9 Å². The fourth-order valence-corrected chi connectivity index (χ4v) is 1.16. The van der Waals surface area contributed by atoms with E-state index in [1.54, 1.807) is 31.2 Å². The second-order valence-electron chi connectivity index (χ2n) is 3.40. The number of ketones is 1. The number of carboxylic acids is 1. The highest BCUT2D eigenvalue weighted by atomic mass is 16.4. The van der Waals surface area contributed by atoms with Gasteiger partial charge in [0.2, 0.25) is 0 Å². The first-order chi connectivity index (χ1) is 7.50. The van der Waals surface area contributed by atoms with Crippen molar-refractivity contribution in [1.29, 1.82) is 0 Å². The molecule has 0 aromatic heterocycles. The van der Waals surface area contributed by atoms with Crippen molar-refractivity contribution in [3.63, 3.8) is 0 Å². The third kappa shape index (κ3) is 3.20. The van der Waals surface area contributed by atoms with E-state index in [9.17, 15) is 9.59 Å². The fourth-order valence-electron chi connectivity index (χ4n) is 1.16. The van der Waals surface area contributed by atoms with Crippen LogP contribution in [-0.2, 0) is 4.79 Å². The zero-order chi connectivity index (χ0) is 12.1. The molecule has 0 heterocycles. The average molecular weight is 216 g/mol. The summed E-state index contributed by atoms with van der Waals surface area (Å²) in [6.45, 7) is 5.23. The lowest BCUT2D eigenvalue weighted by Gasteiger charge is -1.99. The van der Waals surface area contributed by atoms with E-state index < -0.39 is 5.97 Å². The van der Waals surface area contributed by atoms with Gasteiger partial charge in [0, 0.05) is 11.6 Å². The van der Waals surface area contributed by atoms with Gasteiger partial charge in [-0.25, -0.2) is 4.79 Å². The Balaban J connectivity index is 2.87. The molecule has 0 amide bonds. The van der Waals surface area contributed by atoms with Crippen LogP contribution in [0.2, 0.25) is 0 Å². The molecular formula is C13H12O3. The highest BCUT2D eigenvalue weighted by Crippen LogP contribution is 2.09. The van der Waals surface area contributed by atoms with Crippen molar-refractivity contribution < 1.29 is 14.7 Å². The molecule has 0 atom stereocenters. The van der Waals surface area contributed by atoms with E-state index in [-0.39, 0.29) is 5.78 Å². The van der Waals surface area contributed by atoms with E-state index in [4.69, 9.17) is 5.11 Å². The van der Waals surface area contributed by atoms with Crippen molar-refractivity contribution in [3.05, 3.63) is 53.6 Å². The monoisotopic (exact) mass is 216 g/mol. The van der Waals surface area contributed by atoms with Gasteiger partial charge in [0.1, 0.15) is 0 Å². The van der Waals surface area contributed by atoms with E-state index in [1.165, 1.54) is 6.08 Å². The molecule has 82 valence electrons. The van der Waals surface area contributed by atoms with Gasteiger partial charge in [0.15, 0.2) is 5.78 Å². The summed E-state index contributed by atoms with van der Waals surface area (Å²) in [5, 5.41) is 8.44. The molecule has 0 saturated heterocycles. The third-order valence-electron chi connectivity index (χ3n) is 1.98. The van der Waals surface area contributed by atoms with Crippen LogP contribution in [0.15, 0.2) is 42.5 Å². The van der Waals surface area contributed by atoms with Crippen molar-refractivity contribution in [1.82, 2.24) is 0 Å². The van der Waals surface area contributed by atoms with E-state index in [1.807, 2.05) is 0 Å². The van der Waals surface area contributed by atoms with E-state index in [2.05, 4.69) is 6.58 Å². The molecule has 0 bridgehead atoms. The van der Waals surface area contributed by atoms with E-state index >= 15 is 0 Å². The summed E-state index contributed by atoms with van der Waals surface area (Å²) >= 11 is 0. The Bertz CT molecular complexity index is 453. The SMILES string of the molecule is C=C(C)C(=O)c1ccc(/C=C/C(=O)O)cc1. The number of aliphatic carboxylic acids is 1. The minimum atomic E-state index is -0.998. The normalized spacial score (nSPS) is 10.3. The Morgan fingerprint density at radius 3 is 2.25 bits per heavy atom. The first-order valence-corrected chi connectivity index (χ1v) is 4.72. The second kappa shape index (κ2) is 5.07. The quantitative estimate of drug-likeness (QED) is 0.621. The molecule has 0 radical (unpaired) electrons. The van der Waals surface area contributed by atoms with Crippen molar-refractivity contribution in [3.8, 4) is 0 Å². The van der Waals surface area contributed by atoms with Crippen LogP contribution in [0.4, 0.5) is 0 Å². The summed E-state index contributed by atoms with van der Waals surface area (Å²) in [7, 11) is 0. The molecule has 3 heteroatoms. The largest absolute Gasteiger partial charge is 0.478 e. The Hall–Kier alpha value is -2.16. The standard InChI is InChI=1S/C13H12O3/c1-9(2)13(16)11-6-3-10(4-7-11)5-8-12(14)15/h3-8H,1H2,2H3,(H,14,15)/b8-5+. The van der Waals surface area contributed by atoms with Gasteiger partial charge in [-0.3, -0.25) is 4.79 Å². The van der Waals surface area contributed by atoms with E-state index in [0.717, 1.165) is 11.6 Å². The average Bonchev–Trinajstić information content (AvgIpc) is 2.26. The first-order valence-electron chi connectivity index (χ1n) is 4.72. The summed E-state index contributed by atoms with van der Waals surface area (Å²) in [5.74, 6) is -1.10. The predicted molar refractivity (Wildman–Crippen MR) is 62.3 cm³/mol. The number of benzene rings is 1. The van der Waals surface area contributed by atoms with Crippen LogP contribution >= 0.6 is 0 Å². The Morgan fingerprint density at radius 2 is 1.81 bits per heavy atom. The first kappa shape index (κ1) is 11.9. The van der Waals surface area contributed by atoms with Crippen molar-refractivity contribution in [2.45, 2.75) is 6.92 Å². The number of carbonyl (C=O) groups excluding carboxylic acids is 1. The Kier molecular flexibility index (Phi) is 3.78. The highest BCUT2D eigenvalue weighted by molar-refractivity contribution is 6.07. The van der Waals surface area contributed by atoms with Crippen molar-refractivity contribution in [2.24, 2.45) is 0 Å². The molecule has 1 rings (SSSR count). The van der Waals surface area contributed by atoms with Gasteiger partial charge in [0.05, 0.1) is 0 Å². The topological polar surface area (TPSA) is 54.4 Å². The zero-order valence-corrected chi connectivity index (χ0v) is 8.93. The van der Waals surface area contributed by atoms with Gasteiger partial charge < -0.3 is 5.11 Å². The van der Waals surface area contributed by atoms with Crippen LogP contribution in [0.25, 0.3) is 6.08 Å². The molecule has 1 N–H and O–H groups in total. The minimum absolute atomic E-state index is 0.103. The maximum atomic E-state index is 11.5. The lowest BCUT2D eigenvalue weighted by Crippen LogP contribution is -1.98. The van der Waals surface area contributed by atoms with Gasteiger partial charge in [-0.05, 0) is 24.1 Å². The summed E-state index contributed by atoms with van der Waals surface area (Å²) in [6.07, 6.45) is 2.52. The number of rotatable bonds is 4. The third-order valence-corrected chi connectivity index (χ3v) is 1.98. The van der Waals surface area contributed by atoms with Gasteiger partial charge in [-0.1, -0.05) is 30.8 Å². The second-order valence-corrected chi connectivity index (χ2v) is 3.40. The number of hydrogen-bond donors (Lipinski definition) is 1. The van der Waals surface area contributed by atoms with Crippen molar-refractivity contribution in [2.75, 3.05) is 0 Å². The van der Waals surface area contributed by atoms with Crippen LogP contribution in [0.5, 0.6) is 0 Å². The summed E-state index contributed by atoms with van der Waals surface area (Å²) < 4.78 is 0. The van der Waals surface area contributed by atoms with Gasteiger partial charge >= 0.3 is 5.97 Å². The van der Waals surface area contributed by atoms with Gasteiger partial charge in [-0.2, -0.15) is 0 Å². The van der Waals surface area contributed by atoms with Crippen LogP contribution in [0.3, 0.4) is 0 Å². The lowest BCUT2D eigenvalue weighted by atomic mass is 10.0. The molecular weight excluding hydrogens is 204 g/mol. The molecule has 0 aliphatic rings.